The molecule has 0 saturated carbocycles. The lowest BCUT2D eigenvalue weighted by atomic mass is 9.99. The van der Waals surface area contributed by atoms with Crippen LogP contribution < -0.4 is 5.32 Å². The second-order valence-electron chi connectivity index (χ2n) is 4.99. The Kier molecular flexibility index (Phi) is 6.07. The summed E-state index contributed by atoms with van der Waals surface area (Å²) in [6.45, 7) is 2.41. The van der Waals surface area contributed by atoms with Gasteiger partial charge in [-0.3, -0.25) is 0 Å². The van der Waals surface area contributed by atoms with Gasteiger partial charge in [-0.1, -0.05) is 24.3 Å². The van der Waals surface area contributed by atoms with E-state index in [-0.39, 0.29) is 11.9 Å². The molecule has 0 amide bonds. The molecule has 1 aliphatic heterocycles. The molecule has 3 atom stereocenters. The lowest BCUT2D eigenvalue weighted by molar-refractivity contribution is 0.272. The Hall–Kier alpha value is -0.160. The van der Waals surface area contributed by atoms with E-state index in [1.54, 1.807) is 11.8 Å². The van der Waals surface area contributed by atoms with E-state index >= 15 is 0 Å². The van der Waals surface area contributed by atoms with Crippen molar-refractivity contribution in [1.82, 2.24) is 5.32 Å². The van der Waals surface area contributed by atoms with Crippen LogP contribution >= 0.6 is 23.5 Å². The molecule has 19 heavy (non-hydrogen) atoms. The van der Waals surface area contributed by atoms with Gasteiger partial charge in [-0.05, 0) is 36.5 Å². The fourth-order valence-electron chi connectivity index (χ4n) is 2.57. The SMILES string of the molecule is CSC(CO)C(C)NC1CSCCc2ccccc21. The van der Waals surface area contributed by atoms with E-state index in [2.05, 4.69) is 42.8 Å². The highest BCUT2D eigenvalue weighted by atomic mass is 32.2. The van der Waals surface area contributed by atoms with Crippen LogP contribution in [0.2, 0.25) is 0 Å². The first-order valence-corrected chi connectivity index (χ1v) is 9.25. The molecule has 106 valence electrons. The zero-order chi connectivity index (χ0) is 13.7. The molecule has 4 heteroatoms. The van der Waals surface area contributed by atoms with E-state index in [0.717, 1.165) is 5.75 Å². The maximum Gasteiger partial charge on any atom is 0.0564 e. The van der Waals surface area contributed by atoms with Gasteiger partial charge >= 0.3 is 0 Å². The van der Waals surface area contributed by atoms with Gasteiger partial charge in [-0.15, -0.1) is 0 Å². The predicted octanol–water partition coefficient (Wildman–Crippen LogP) is 2.72. The minimum atomic E-state index is 0.233. The molecule has 1 aromatic rings. The quantitative estimate of drug-likeness (QED) is 0.875. The summed E-state index contributed by atoms with van der Waals surface area (Å²) in [5.41, 5.74) is 2.92. The van der Waals surface area contributed by atoms with E-state index in [0.29, 0.717) is 12.1 Å². The van der Waals surface area contributed by atoms with Crippen LogP contribution in [0.3, 0.4) is 0 Å². The molecule has 3 unspecified atom stereocenters. The van der Waals surface area contributed by atoms with Crippen LogP contribution in [0.5, 0.6) is 0 Å². The zero-order valence-corrected chi connectivity index (χ0v) is 13.3. The van der Waals surface area contributed by atoms with Crippen LogP contribution in [0.15, 0.2) is 24.3 Å². The number of aliphatic hydroxyl groups is 1. The molecule has 0 spiro atoms. The number of nitrogens with one attached hydrogen (secondary N) is 1. The Morgan fingerprint density at radius 3 is 3.00 bits per heavy atom. The van der Waals surface area contributed by atoms with Crippen molar-refractivity contribution in [3.05, 3.63) is 35.4 Å². The topological polar surface area (TPSA) is 32.3 Å². The van der Waals surface area contributed by atoms with E-state index in [1.807, 2.05) is 11.8 Å². The lowest BCUT2D eigenvalue weighted by Crippen LogP contribution is -2.40. The van der Waals surface area contributed by atoms with Crippen molar-refractivity contribution in [2.24, 2.45) is 0 Å². The molecule has 0 aliphatic carbocycles. The number of aryl methyl sites for hydroxylation is 1. The second kappa shape index (κ2) is 7.58. The summed E-state index contributed by atoms with van der Waals surface area (Å²) < 4.78 is 0. The first kappa shape index (κ1) is 15.2. The van der Waals surface area contributed by atoms with Crippen LogP contribution in [-0.2, 0) is 6.42 Å². The first-order chi connectivity index (χ1) is 9.26. The van der Waals surface area contributed by atoms with Crippen molar-refractivity contribution in [3.8, 4) is 0 Å². The number of thioether (sulfide) groups is 2. The second-order valence-corrected chi connectivity index (χ2v) is 7.22. The van der Waals surface area contributed by atoms with Crippen molar-refractivity contribution >= 4 is 23.5 Å². The van der Waals surface area contributed by atoms with E-state index in [1.165, 1.54) is 23.3 Å². The molecule has 0 fully saturated rings. The van der Waals surface area contributed by atoms with E-state index in [9.17, 15) is 5.11 Å². The molecule has 0 saturated heterocycles. The summed E-state index contributed by atoms with van der Waals surface area (Å²) in [4.78, 5) is 0. The van der Waals surface area contributed by atoms with E-state index in [4.69, 9.17) is 0 Å². The molecule has 1 aliphatic rings. The highest BCUT2D eigenvalue weighted by Crippen LogP contribution is 2.28. The Morgan fingerprint density at radius 1 is 1.47 bits per heavy atom. The van der Waals surface area contributed by atoms with Gasteiger partial charge in [-0.25, -0.2) is 0 Å². The van der Waals surface area contributed by atoms with Crippen molar-refractivity contribution < 1.29 is 5.11 Å². The Bertz CT molecular complexity index is 395. The maximum absolute atomic E-state index is 9.41. The smallest absolute Gasteiger partial charge is 0.0564 e. The molecule has 0 aromatic heterocycles. The molecular formula is C15H23NOS2. The summed E-state index contributed by atoms with van der Waals surface area (Å²) in [6.07, 6.45) is 3.23. The summed E-state index contributed by atoms with van der Waals surface area (Å²) in [6, 6.07) is 9.48. The molecule has 2 rings (SSSR count). The van der Waals surface area contributed by atoms with Crippen molar-refractivity contribution in [2.75, 3.05) is 24.4 Å². The highest BCUT2D eigenvalue weighted by Gasteiger charge is 2.23. The molecule has 1 heterocycles. The molecule has 2 N–H and O–H groups in total. The molecular weight excluding hydrogens is 274 g/mol. The van der Waals surface area contributed by atoms with Gasteiger partial charge in [-0.2, -0.15) is 23.5 Å². The van der Waals surface area contributed by atoms with Crippen molar-refractivity contribution in [3.63, 3.8) is 0 Å². The van der Waals surface area contributed by atoms with Gasteiger partial charge in [0.1, 0.15) is 0 Å². The van der Waals surface area contributed by atoms with Gasteiger partial charge in [0, 0.05) is 23.1 Å². The van der Waals surface area contributed by atoms with Gasteiger partial charge in [0.15, 0.2) is 0 Å². The number of aliphatic hydroxyl groups excluding tert-OH is 1. The van der Waals surface area contributed by atoms with Gasteiger partial charge in [0.25, 0.3) is 0 Å². The third-order valence-electron chi connectivity index (χ3n) is 3.74. The number of fused-ring (bicyclic) bond motifs is 1. The summed E-state index contributed by atoms with van der Waals surface area (Å²) in [5, 5.41) is 13.4. The number of benzene rings is 1. The van der Waals surface area contributed by atoms with Crippen LogP contribution in [0, 0.1) is 0 Å². The average Bonchev–Trinajstić information content (AvgIpc) is 2.63. The largest absolute Gasteiger partial charge is 0.395 e. The highest BCUT2D eigenvalue weighted by molar-refractivity contribution is 7.99. The molecule has 2 nitrogen and oxygen atoms in total. The number of hydrogen-bond acceptors (Lipinski definition) is 4. The molecule has 0 bridgehead atoms. The first-order valence-electron chi connectivity index (χ1n) is 6.81. The fourth-order valence-corrected chi connectivity index (χ4v) is 4.25. The van der Waals surface area contributed by atoms with Crippen LogP contribution in [-0.4, -0.2) is 40.8 Å². The average molecular weight is 297 g/mol. The standard InChI is InChI=1S/C15H23NOS2/c1-11(15(9-17)18-2)16-14-10-19-8-7-12-5-3-4-6-13(12)14/h3-6,11,14-17H,7-10H2,1-2H3. The minimum Gasteiger partial charge on any atom is -0.395 e. The van der Waals surface area contributed by atoms with E-state index < -0.39 is 0 Å². The summed E-state index contributed by atoms with van der Waals surface area (Å²) in [7, 11) is 0. The number of rotatable bonds is 5. The van der Waals surface area contributed by atoms with Crippen molar-refractivity contribution in [2.45, 2.75) is 30.7 Å². The fraction of sp³-hybridized carbons (Fsp3) is 0.600. The third-order valence-corrected chi connectivity index (χ3v) is 5.96. The van der Waals surface area contributed by atoms with Gasteiger partial charge in [0.2, 0.25) is 0 Å². The molecule has 0 radical (unpaired) electrons. The normalized spacial score (nSPS) is 22.4. The molecule has 1 aromatic carbocycles. The monoisotopic (exact) mass is 297 g/mol. The third kappa shape index (κ3) is 3.91. The van der Waals surface area contributed by atoms with Crippen LogP contribution in [0.1, 0.15) is 24.1 Å². The number of hydrogen-bond donors (Lipinski definition) is 2. The van der Waals surface area contributed by atoms with Crippen molar-refractivity contribution in [1.29, 1.82) is 0 Å². The van der Waals surface area contributed by atoms with Crippen LogP contribution in [0.4, 0.5) is 0 Å². The minimum absolute atomic E-state index is 0.233. The van der Waals surface area contributed by atoms with Gasteiger partial charge in [0.05, 0.1) is 6.61 Å². The predicted molar refractivity (Wildman–Crippen MR) is 87.2 cm³/mol. The lowest BCUT2D eigenvalue weighted by Gasteiger charge is -2.27. The zero-order valence-electron chi connectivity index (χ0n) is 11.6. The van der Waals surface area contributed by atoms with Gasteiger partial charge < -0.3 is 10.4 Å². The Balaban J connectivity index is 2.11. The maximum atomic E-state index is 9.41. The Labute approximate surface area is 124 Å². The van der Waals surface area contributed by atoms with Crippen LogP contribution in [0.25, 0.3) is 0 Å². The summed E-state index contributed by atoms with van der Waals surface area (Å²) in [5.74, 6) is 2.32. The Morgan fingerprint density at radius 2 is 2.26 bits per heavy atom. The summed E-state index contributed by atoms with van der Waals surface area (Å²) >= 11 is 3.75.